The second-order valence-electron chi connectivity index (χ2n) is 10.3. The van der Waals surface area contributed by atoms with E-state index in [1.807, 2.05) is 24.3 Å². The van der Waals surface area contributed by atoms with Crippen molar-refractivity contribution in [1.82, 2.24) is 0 Å². The zero-order valence-electron chi connectivity index (χ0n) is 24.4. The van der Waals surface area contributed by atoms with Crippen LogP contribution in [0.3, 0.4) is 0 Å². The van der Waals surface area contributed by atoms with Crippen LogP contribution >= 0.6 is 0 Å². The van der Waals surface area contributed by atoms with Crippen LogP contribution in [0.25, 0.3) is 10.8 Å². The Bertz CT molecular complexity index is 1020. The van der Waals surface area contributed by atoms with Gasteiger partial charge in [0.1, 0.15) is 0 Å². The van der Waals surface area contributed by atoms with E-state index in [1.165, 1.54) is 70.6 Å². The van der Waals surface area contributed by atoms with Gasteiger partial charge in [-0.1, -0.05) is 121 Å². The van der Waals surface area contributed by atoms with Gasteiger partial charge >= 0.3 is 11.9 Å². The van der Waals surface area contributed by atoms with Crippen molar-refractivity contribution in [2.75, 3.05) is 11.9 Å². The lowest BCUT2D eigenvalue weighted by Gasteiger charge is -2.19. The van der Waals surface area contributed by atoms with Gasteiger partial charge in [-0.05, 0) is 24.8 Å². The maximum atomic E-state index is 12.7. The van der Waals surface area contributed by atoms with Gasteiger partial charge in [-0.25, -0.2) is 4.79 Å². The second-order valence-corrected chi connectivity index (χ2v) is 10.3. The molecule has 1 N–H and O–H groups in total. The molecule has 0 saturated carbocycles. The fourth-order valence-electron chi connectivity index (χ4n) is 4.86. The molecule has 216 valence electrons. The monoisotopic (exact) mass is 539 g/mol. The lowest BCUT2D eigenvalue weighted by molar-refractivity contribution is -0.168. The lowest BCUT2D eigenvalue weighted by Crippen LogP contribution is -2.22. The Labute approximate surface area is 235 Å². The van der Waals surface area contributed by atoms with Crippen LogP contribution in [0, 0.1) is 0 Å². The Morgan fingerprint density at radius 3 is 1.87 bits per heavy atom. The molecule has 1 amide bonds. The average molecular weight is 540 g/mol. The van der Waals surface area contributed by atoms with Crippen LogP contribution in [0.2, 0.25) is 0 Å². The van der Waals surface area contributed by atoms with Crippen LogP contribution in [-0.2, 0) is 23.9 Å². The summed E-state index contributed by atoms with van der Waals surface area (Å²) >= 11 is 0. The maximum Gasteiger partial charge on any atom is 0.352 e. The number of hydrogen-bond donors (Lipinski definition) is 1. The third-order valence-corrected chi connectivity index (χ3v) is 7.06. The zero-order valence-corrected chi connectivity index (χ0v) is 24.4. The van der Waals surface area contributed by atoms with E-state index in [0.29, 0.717) is 17.7 Å². The van der Waals surface area contributed by atoms with Crippen molar-refractivity contribution in [2.24, 2.45) is 0 Å². The fraction of sp³-hybridized carbons (Fsp3) is 0.606. The fourth-order valence-corrected chi connectivity index (χ4v) is 4.86. The van der Waals surface area contributed by atoms with E-state index >= 15 is 0 Å². The number of benzene rings is 2. The summed E-state index contributed by atoms with van der Waals surface area (Å²) in [5, 5.41) is 4.56. The van der Waals surface area contributed by atoms with Crippen LogP contribution in [-0.4, -0.2) is 24.5 Å². The SMILES string of the molecule is CCCCCCCCCCCCCCCC(=O)Nc1cccc2c(C(OC(=O)CC)C(=O)OCC)cccc12. The largest absolute Gasteiger partial charge is 0.463 e. The van der Waals surface area contributed by atoms with Gasteiger partial charge in [-0.2, -0.15) is 0 Å². The minimum absolute atomic E-state index is 0.0182. The van der Waals surface area contributed by atoms with Gasteiger partial charge in [0.15, 0.2) is 0 Å². The number of anilines is 1. The minimum Gasteiger partial charge on any atom is -0.463 e. The molecule has 39 heavy (non-hydrogen) atoms. The number of fused-ring (bicyclic) bond motifs is 1. The summed E-state index contributed by atoms with van der Waals surface area (Å²) in [7, 11) is 0. The zero-order chi connectivity index (χ0) is 28.3. The van der Waals surface area contributed by atoms with E-state index in [0.717, 1.165) is 23.6 Å². The molecule has 6 nitrogen and oxygen atoms in total. The van der Waals surface area contributed by atoms with E-state index in [1.54, 1.807) is 26.0 Å². The summed E-state index contributed by atoms with van der Waals surface area (Å²) in [6.07, 6.45) is 16.0. The van der Waals surface area contributed by atoms with Gasteiger partial charge < -0.3 is 14.8 Å². The Kier molecular flexibility index (Phi) is 15.9. The molecule has 0 aliphatic carbocycles. The highest BCUT2D eigenvalue weighted by atomic mass is 16.6. The first-order valence-corrected chi connectivity index (χ1v) is 15.2. The molecule has 0 spiro atoms. The number of carbonyl (C=O) groups is 3. The number of ether oxygens (including phenoxy) is 2. The predicted molar refractivity (Wildman–Crippen MR) is 159 cm³/mol. The average Bonchev–Trinajstić information content (AvgIpc) is 2.94. The highest BCUT2D eigenvalue weighted by Crippen LogP contribution is 2.32. The van der Waals surface area contributed by atoms with E-state index in [-0.39, 0.29) is 18.9 Å². The van der Waals surface area contributed by atoms with Gasteiger partial charge in [0.2, 0.25) is 12.0 Å². The number of unbranched alkanes of at least 4 members (excludes halogenated alkanes) is 12. The number of carbonyl (C=O) groups excluding carboxylic acids is 3. The van der Waals surface area contributed by atoms with Crippen LogP contribution in [0.5, 0.6) is 0 Å². The smallest absolute Gasteiger partial charge is 0.352 e. The Balaban J connectivity index is 1.83. The lowest BCUT2D eigenvalue weighted by atomic mass is 9.99. The molecule has 0 fully saturated rings. The van der Waals surface area contributed by atoms with Crippen molar-refractivity contribution >= 4 is 34.3 Å². The third-order valence-electron chi connectivity index (χ3n) is 7.06. The molecule has 0 aromatic heterocycles. The van der Waals surface area contributed by atoms with Gasteiger partial charge in [-0.15, -0.1) is 0 Å². The second kappa shape index (κ2) is 19.2. The highest BCUT2D eigenvalue weighted by molar-refractivity contribution is 6.04. The van der Waals surface area contributed by atoms with Crippen molar-refractivity contribution < 1.29 is 23.9 Å². The number of nitrogens with one attached hydrogen (secondary N) is 1. The molecule has 0 aliphatic heterocycles. The van der Waals surface area contributed by atoms with Gasteiger partial charge in [0.25, 0.3) is 0 Å². The summed E-state index contributed by atoms with van der Waals surface area (Å²) in [6, 6.07) is 11.0. The molecule has 0 saturated heterocycles. The van der Waals surface area contributed by atoms with Gasteiger partial charge in [-0.3, -0.25) is 9.59 Å². The van der Waals surface area contributed by atoms with Crippen molar-refractivity contribution in [3.05, 3.63) is 42.0 Å². The summed E-state index contributed by atoms with van der Waals surface area (Å²) in [5.74, 6) is -1.11. The molecule has 1 unspecified atom stereocenters. The Morgan fingerprint density at radius 1 is 0.718 bits per heavy atom. The number of esters is 2. The van der Waals surface area contributed by atoms with E-state index in [9.17, 15) is 14.4 Å². The van der Waals surface area contributed by atoms with E-state index in [2.05, 4.69) is 12.2 Å². The van der Waals surface area contributed by atoms with E-state index in [4.69, 9.17) is 9.47 Å². The van der Waals surface area contributed by atoms with Crippen molar-refractivity contribution in [3.8, 4) is 0 Å². The van der Waals surface area contributed by atoms with Gasteiger partial charge in [0.05, 0.1) is 6.61 Å². The molecule has 6 heteroatoms. The molecular formula is C33H49NO5. The van der Waals surface area contributed by atoms with Crippen molar-refractivity contribution in [3.63, 3.8) is 0 Å². The Morgan fingerprint density at radius 2 is 1.28 bits per heavy atom. The predicted octanol–water partition coefficient (Wildman–Crippen LogP) is 8.82. The standard InChI is InChI=1S/C33H49NO5/c1-4-7-8-9-10-11-12-13-14-15-16-17-18-25-30(35)34-29-24-20-21-26-27(29)22-19-23-28(26)32(33(37)38-6-3)39-31(36)5-2/h19-24,32H,4-18,25H2,1-3H3,(H,34,35). The molecular weight excluding hydrogens is 490 g/mol. The maximum absolute atomic E-state index is 12.7. The first kappa shape index (κ1) is 32.3. The highest BCUT2D eigenvalue weighted by Gasteiger charge is 2.28. The summed E-state index contributed by atoms with van der Waals surface area (Å²) < 4.78 is 10.6. The number of hydrogen-bond acceptors (Lipinski definition) is 5. The summed E-state index contributed by atoms with van der Waals surface area (Å²) in [5.41, 5.74) is 1.22. The third kappa shape index (κ3) is 11.8. The summed E-state index contributed by atoms with van der Waals surface area (Å²) in [4.78, 5) is 37.4. The molecule has 0 heterocycles. The first-order chi connectivity index (χ1) is 19.0. The van der Waals surface area contributed by atoms with Crippen LogP contribution in [0.4, 0.5) is 5.69 Å². The van der Waals surface area contributed by atoms with Crippen molar-refractivity contribution in [1.29, 1.82) is 0 Å². The molecule has 1 atom stereocenters. The normalized spacial score (nSPS) is 11.8. The molecule has 0 bridgehead atoms. The molecule has 0 radical (unpaired) electrons. The van der Waals surface area contributed by atoms with Gasteiger partial charge in [0, 0.05) is 29.5 Å². The first-order valence-electron chi connectivity index (χ1n) is 15.2. The summed E-state index contributed by atoms with van der Waals surface area (Å²) in [6.45, 7) is 5.83. The Hall–Kier alpha value is -2.89. The van der Waals surface area contributed by atoms with E-state index < -0.39 is 18.0 Å². The number of amides is 1. The van der Waals surface area contributed by atoms with Crippen LogP contribution in [0.15, 0.2) is 36.4 Å². The minimum atomic E-state index is -1.15. The number of rotatable bonds is 20. The van der Waals surface area contributed by atoms with Crippen LogP contribution < -0.4 is 5.32 Å². The quantitative estimate of drug-likeness (QED) is 0.134. The molecule has 2 aromatic carbocycles. The van der Waals surface area contributed by atoms with Crippen molar-refractivity contribution in [2.45, 2.75) is 123 Å². The molecule has 0 aliphatic rings. The molecule has 2 rings (SSSR count). The molecule has 2 aromatic rings. The topological polar surface area (TPSA) is 81.7 Å². The van der Waals surface area contributed by atoms with Crippen LogP contribution in [0.1, 0.15) is 129 Å².